The number of rotatable bonds is 3. The number of benzene rings is 1. The van der Waals surface area contributed by atoms with Crippen LogP contribution in [0.1, 0.15) is 27.2 Å². The minimum atomic E-state index is -3.54. The first-order chi connectivity index (χ1) is 10.6. The molecule has 1 fully saturated rings. The predicted molar refractivity (Wildman–Crippen MR) is 90.7 cm³/mol. The number of ether oxygens (including phenoxy) is 1. The fourth-order valence-corrected chi connectivity index (χ4v) is 4.06. The van der Waals surface area contributed by atoms with E-state index in [1.54, 1.807) is 45.0 Å². The van der Waals surface area contributed by atoms with E-state index in [-0.39, 0.29) is 17.5 Å². The fourth-order valence-electron chi connectivity index (χ4n) is 2.29. The lowest BCUT2D eigenvalue weighted by molar-refractivity contribution is 0.0507. The number of amides is 1. The summed E-state index contributed by atoms with van der Waals surface area (Å²) in [4.78, 5) is 12.0. The number of sulfonamides is 1. The van der Waals surface area contributed by atoms with Crippen molar-refractivity contribution in [2.24, 2.45) is 0 Å². The molecule has 1 heterocycles. The molecular formula is C15H21BrN2O4S. The van der Waals surface area contributed by atoms with Crippen LogP contribution in [-0.4, -0.2) is 43.5 Å². The topological polar surface area (TPSA) is 75.7 Å². The van der Waals surface area contributed by atoms with Crippen LogP contribution in [0.5, 0.6) is 0 Å². The van der Waals surface area contributed by atoms with Crippen LogP contribution in [-0.2, 0) is 14.8 Å². The summed E-state index contributed by atoms with van der Waals surface area (Å²) in [5, 5.41) is 2.72. The standard InChI is InChI=1S/C15H21BrN2O4S/c1-15(2,3)22-14(19)17-12-8-9-18(10-12)23(20,21)13-6-4-11(16)5-7-13/h4-7,12H,8-10H2,1-3H3,(H,17,19). The lowest BCUT2D eigenvalue weighted by atomic mass is 10.2. The van der Waals surface area contributed by atoms with Crippen LogP contribution in [0, 0.1) is 0 Å². The first-order valence-corrected chi connectivity index (χ1v) is 9.56. The number of halogens is 1. The molecule has 1 atom stereocenters. The van der Waals surface area contributed by atoms with E-state index < -0.39 is 21.7 Å². The summed E-state index contributed by atoms with van der Waals surface area (Å²) in [6.45, 7) is 5.97. The van der Waals surface area contributed by atoms with E-state index in [1.807, 2.05) is 0 Å². The van der Waals surface area contributed by atoms with Gasteiger partial charge >= 0.3 is 6.09 Å². The summed E-state index contributed by atoms with van der Waals surface area (Å²) >= 11 is 3.29. The third-order valence-corrected chi connectivity index (χ3v) is 5.73. The number of nitrogens with one attached hydrogen (secondary N) is 1. The summed E-state index contributed by atoms with van der Waals surface area (Å²) in [5.74, 6) is 0. The highest BCUT2D eigenvalue weighted by Gasteiger charge is 2.33. The number of carbonyl (C=O) groups excluding carboxylic acids is 1. The van der Waals surface area contributed by atoms with Crippen molar-refractivity contribution in [3.63, 3.8) is 0 Å². The Bertz CT molecular complexity index is 668. The second-order valence-corrected chi connectivity index (χ2v) is 9.30. The van der Waals surface area contributed by atoms with E-state index in [1.165, 1.54) is 4.31 Å². The average Bonchev–Trinajstić information content (AvgIpc) is 2.86. The zero-order chi connectivity index (χ0) is 17.3. The molecule has 2 rings (SSSR count). The molecule has 1 amide bonds. The highest BCUT2D eigenvalue weighted by molar-refractivity contribution is 9.10. The maximum absolute atomic E-state index is 12.6. The molecule has 8 heteroatoms. The number of carbonyl (C=O) groups is 1. The van der Waals surface area contributed by atoms with E-state index in [2.05, 4.69) is 21.2 Å². The number of nitrogens with zero attached hydrogens (tertiary/aromatic N) is 1. The molecule has 0 aromatic heterocycles. The number of alkyl carbamates (subject to hydrolysis) is 1. The quantitative estimate of drug-likeness (QED) is 0.839. The molecule has 6 nitrogen and oxygen atoms in total. The SMILES string of the molecule is CC(C)(C)OC(=O)NC1CCN(S(=O)(=O)c2ccc(Br)cc2)C1. The van der Waals surface area contributed by atoms with Crippen LogP contribution < -0.4 is 5.32 Å². The molecule has 1 unspecified atom stereocenters. The van der Waals surface area contributed by atoms with Crippen molar-refractivity contribution >= 4 is 32.0 Å². The summed E-state index contributed by atoms with van der Waals surface area (Å²) in [6.07, 6.45) is 0.0417. The average molecular weight is 405 g/mol. The van der Waals surface area contributed by atoms with Crippen molar-refractivity contribution in [3.05, 3.63) is 28.7 Å². The molecule has 128 valence electrons. The second-order valence-electron chi connectivity index (χ2n) is 6.45. The van der Waals surface area contributed by atoms with Crippen molar-refractivity contribution in [2.75, 3.05) is 13.1 Å². The molecule has 0 spiro atoms. The largest absolute Gasteiger partial charge is 0.444 e. The van der Waals surface area contributed by atoms with Gasteiger partial charge in [0.05, 0.1) is 4.90 Å². The Morgan fingerprint density at radius 1 is 1.30 bits per heavy atom. The Kier molecular flexibility index (Phi) is 5.37. The van der Waals surface area contributed by atoms with E-state index in [0.717, 1.165) is 4.47 Å². The molecule has 0 aliphatic carbocycles. The summed E-state index contributed by atoms with van der Waals surface area (Å²) in [5.41, 5.74) is -0.578. The molecule has 1 aromatic rings. The second kappa shape index (κ2) is 6.78. The highest BCUT2D eigenvalue weighted by Crippen LogP contribution is 2.23. The van der Waals surface area contributed by atoms with Crippen LogP contribution in [0.3, 0.4) is 0 Å². The van der Waals surface area contributed by atoms with E-state index in [4.69, 9.17) is 4.74 Å². The molecule has 23 heavy (non-hydrogen) atoms. The van der Waals surface area contributed by atoms with Gasteiger partial charge in [-0.3, -0.25) is 0 Å². The lowest BCUT2D eigenvalue weighted by Gasteiger charge is -2.22. The number of hydrogen-bond acceptors (Lipinski definition) is 4. The monoisotopic (exact) mass is 404 g/mol. The molecule has 0 saturated carbocycles. The Morgan fingerprint density at radius 3 is 2.48 bits per heavy atom. The number of hydrogen-bond donors (Lipinski definition) is 1. The Labute approximate surface area is 145 Å². The van der Waals surface area contributed by atoms with Crippen molar-refractivity contribution in [1.29, 1.82) is 0 Å². The third-order valence-electron chi connectivity index (χ3n) is 3.32. The minimum Gasteiger partial charge on any atom is -0.444 e. The first kappa shape index (κ1) is 18.2. The van der Waals surface area contributed by atoms with Crippen LogP contribution in [0.15, 0.2) is 33.6 Å². The van der Waals surface area contributed by atoms with Gasteiger partial charge in [0, 0.05) is 23.6 Å². The van der Waals surface area contributed by atoms with Gasteiger partial charge < -0.3 is 10.1 Å². The van der Waals surface area contributed by atoms with E-state index in [0.29, 0.717) is 13.0 Å². The van der Waals surface area contributed by atoms with Crippen LogP contribution >= 0.6 is 15.9 Å². The minimum absolute atomic E-state index is 0.241. The molecule has 1 aliphatic rings. The fraction of sp³-hybridized carbons (Fsp3) is 0.533. The summed E-state index contributed by atoms with van der Waals surface area (Å²) in [6, 6.07) is 6.27. The van der Waals surface area contributed by atoms with Gasteiger partial charge in [-0.1, -0.05) is 15.9 Å². The molecule has 1 aliphatic heterocycles. The molecule has 1 N–H and O–H groups in total. The Hall–Kier alpha value is -1.12. The lowest BCUT2D eigenvalue weighted by Crippen LogP contribution is -2.41. The molecule has 0 bridgehead atoms. The van der Waals surface area contributed by atoms with Crippen molar-refractivity contribution in [1.82, 2.24) is 9.62 Å². The van der Waals surface area contributed by atoms with Gasteiger partial charge in [0.1, 0.15) is 5.60 Å². The normalized spacial score (nSPS) is 19.6. The third kappa shape index (κ3) is 4.92. The van der Waals surface area contributed by atoms with Crippen LogP contribution in [0.2, 0.25) is 0 Å². The predicted octanol–water partition coefficient (Wildman–Crippen LogP) is 2.74. The summed E-state index contributed by atoms with van der Waals surface area (Å²) in [7, 11) is -3.54. The molecular weight excluding hydrogens is 384 g/mol. The molecule has 0 radical (unpaired) electrons. The maximum Gasteiger partial charge on any atom is 0.407 e. The van der Waals surface area contributed by atoms with Gasteiger partial charge in [-0.15, -0.1) is 0 Å². The van der Waals surface area contributed by atoms with Gasteiger partial charge in [0.15, 0.2) is 0 Å². The van der Waals surface area contributed by atoms with Gasteiger partial charge in [-0.05, 0) is 51.5 Å². The first-order valence-electron chi connectivity index (χ1n) is 7.33. The van der Waals surface area contributed by atoms with Crippen molar-refractivity contribution in [2.45, 2.75) is 43.7 Å². The van der Waals surface area contributed by atoms with Crippen molar-refractivity contribution in [3.8, 4) is 0 Å². The van der Waals surface area contributed by atoms with E-state index >= 15 is 0 Å². The molecule has 1 saturated heterocycles. The summed E-state index contributed by atoms with van der Waals surface area (Å²) < 4.78 is 32.5. The zero-order valence-corrected chi connectivity index (χ0v) is 15.8. The van der Waals surface area contributed by atoms with Gasteiger partial charge in [-0.25, -0.2) is 13.2 Å². The Balaban J connectivity index is 1.99. The van der Waals surface area contributed by atoms with Gasteiger partial charge in [0.2, 0.25) is 10.0 Å². The van der Waals surface area contributed by atoms with Crippen molar-refractivity contribution < 1.29 is 17.9 Å². The van der Waals surface area contributed by atoms with Gasteiger partial charge in [0.25, 0.3) is 0 Å². The Morgan fingerprint density at radius 2 is 1.91 bits per heavy atom. The molecule has 1 aromatic carbocycles. The van der Waals surface area contributed by atoms with Crippen LogP contribution in [0.25, 0.3) is 0 Å². The van der Waals surface area contributed by atoms with Crippen LogP contribution in [0.4, 0.5) is 4.79 Å². The smallest absolute Gasteiger partial charge is 0.407 e. The zero-order valence-electron chi connectivity index (χ0n) is 13.4. The maximum atomic E-state index is 12.6. The highest BCUT2D eigenvalue weighted by atomic mass is 79.9. The van der Waals surface area contributed by atoms with E-state index in [9.17, 15) is 13.2 Å². The van der Waals surface area contributed by atoms with Gasteiger partial charge in [-0.2, -0.15) is 4.31 Å².